The first kappa shape index (κ1) is 23.3. The Morgan fingerprint density at radius 2 is 1.97 bits per heavy atom. The standard InChI is InChI=1S/C24H35FN4O2/c1-4-26-23(28-17-24(3,30)22-10-9-18(2)31-22)27-15-19-11-13-29(14-12-19)16-20-7-5-6-8-21(20)25/h5-10,19,30H,4,11-17H2,1-3H3,(H2,26,27,28). The van der Waals surface area contributed by atoms with Gasteiger partial charge in [-0.1, -0.05) is 18.2 Å². The summed E-state index contributed by atoms with van der Waals surface area (Å²) in [6, 6.07) is 10.6. The molecule has 1 aromatic heterocycles. The molecule has 0 saturated carbocycles. The quantitative estimate of drug-likeness (QED) is 0.442. The number of aliphatic imine (C=N–C) groups is 1. The largest absolute Gasteiger partial charge is 0.463 e. The number of rotatable bonds is 8. The van der Waals surface area contributed by atoms with Crippen LogP contribution < -0.4 is 10.6 Å². The zero-order valence-electron chi connectivity index (χ0n) is 18.8. The Labute approximate surface area is 184 Å². The third-order valence-corrected chi connectivity index (χ3v) is 5.78. The highest BCUT2D eigenvalue weighted by Crippen LogP contribution is 2.23. The molecule has 2 heterocycles. The van der Waals surface area contributed by atoms with Gasteiger partial charge in [-0.15, -0.1) is 0 Å². The Morgan fingerprint density at radius 1 is 1.23 bits per heavy atom. The number of likely N-dealkylation sites (tertiary alicyclic amines) is 1. The maximum Gasteiger partial charge on any atom is 0.191 e. The van der Waals surface area contributed by atoms with Gasteiger partial charge in [0.05, 0.1) is 6.54 Å². The molecule has 0 amide bonds. The van der Waals surface area contributed by atoms with E-state index < -0.39 is 5.60 Å². The third-order valence-electron chi connectivity index (χ3n) is 5.78. The summed E-state index contributed by atoms with van der Waals surface area (Å²) in [6.07, 6.45) is 2.12. The van der Waals surface area contributed by atoms with E-state index in [0.29, 0.717) is 24.2 Å². The molecule has 3 rings (SSSR count). The number of aryl methyl sites for hydroxylation is 1. The number of halogens is 1. The molecule has 1 aliphatic heterocycles. The summed E-state index contributed by atoms with van der Waals surface area (Å²) in [6.45, 7) is 9.94. The van der Waals surface area contributed by atoms with Crippen LogP contribution in [-0.4, -0.2) is 48.7 Å². The number of piperidine rings is 1. The zero-order chi connectivity index (χ0) is 22.3. The number of nitrogens with one attached hydrogen (secondary N) is 2. The molecule has 0 bridgehead atoms. The molecule has 1 atom stereocenters. The molecule has 0 spiro atoms. The van der Waals surface area contributed by atoms with Crippen LogP contribution in [0.1, 0.15) is 43.8 Å². The van der Waals surface area contributed by atoms with Gasteiger partial charge in [-0.05, 0) is 70.8 Å². The zero-order valence-corrected chi connectivity index (χ0v) is 18.8. The molecule has 1 aromatic carbocycles. The number of nitrogens with zero attached hydrogens (tertiary/aromatic N) is 2. The predicted octanol–water partition coefficient (Wildman–Crippen LogP) is 3.40. The highest BCUT2D eigenvalue weighted by atomic mass is 19.1. The number of guanidine groups is 1. The molecule has 0 aliphatic carbocycles. The molecule has 1 saturated heterocycles. The second-order valence-electron chi connectivity index (χ2n) is 8.57. The lowest BCUT2D eigenvalue weighted by Gasteiger charge is -2.32. The van der Waals surface area contributed by atoms with Crippen LogP contribution in [0.25, 0.3) is 0 Å². The number of benzene rings is 1. The normalized spacial score (nSPS) is 18.0. The van der Waals surface area contributed by atoms with Gasteiger partial charge in [0.25, 0.3) is 0 Å². The van der Waals surface area contributed by atoms with E-state index in [-0.39, 0.29) is 12.4 Å². The Morgan fingerprint density at radius 3 is 2.61 bits per heavy atom. The van der Waals surface area contributed by atoms with Crippen molar-refractivity contribution < 1.29 is 13.9 Å². The molecule has 2 aromatic rings. The molecule has 3 N–H and O–H groups in total. The first-order valence-electron chi connectivity index (χ1n) is 11.1. The van der Waals surface area contributed by atoms with E-state index in [9.17, 15) is 9.50 Å². The van der Waals surface area contributed by atoms with Crippen LogP contribution >= 0.6 is 0 Å². The fourth-order valence-electron chi connectivity index (χ4n) is 3.83. The lowest BCUT2D eigenvalue weighted by Crippen LogP contribution is -2.43. The number of aliphatic hydroxyl groups is 1. The van der Waals surface area contributed by atoms with Crippen molar-refractivity contribution in [2.45, 2.75) is 45.8 Å². The average Bonchev–Trinajstić information content (AvgIpc) is 3.20. The minimum atomic E-state index is -1.16. The second-order valence-corrected chi connectivity index (χ2v) is 8.57. The second kappa shape index (κ2) is 10.8. The molecule has 1 fully saturated rings. The summed E-state index contributed by atoms with van der Waals surface area (Å²) >= 11 is 0. The maximum absolute atomic E-state index is 13.9. The van der Waals surface area contributed by atoms with Gasteiger partial charge in [-0.3, -0.25) is 4.90 Å². The number of hydrogen-bond donors (Lipinski definition) is 3. The van der Waals surface area contributed by atoms with Crippen molar-refractivity contribution in [3.8, 4) is 0 Å². The molecular weight excluding hydrogens is 395 g/mol. The first-order chi connectivity index (χ1) is 14.9. The van der Waals surface area contributed by atoms with E-state index in [1.165, 1.54) is 6.07 Å². The van der Waals surface area contributed by atoms with E-state index in [2.05, 4.69) is 20.5 Å². The van der Waals surface area contributed by atoms with Gasteiger partial charge in [0, 0.05) is 25.2 Å². The lowest BCUT2D eigenvalue weighted by molar-refractivity contribution is 0.0428. The van der Waals surface area contributed by atoms with E-state index in [1.54, 1.807) is 19.1 Å². The summed E-state index contributed by atoms with van der Waals surface area (Å²) < 4.78 is 19.5. The van der Waals surface area contributed by atoms with Crippen LogP contribution in [0, 0.1) is 18.7 Å². The van der Waals surface area contributed by atoms with E-state index in [4.69, 9.17) is 4.42 Å². The topological polar surface area (TPSA) is 73.0 Å². The van der Waals surface area contributed by atoms with E-state index >= 15 is 0 Å². The van der Waals surface area contributed by atoms with Gasteiger partial charge in [0.1, 0.15) is 22.9 Å². The van der Waals surface area contributed by atoms with Crippen LogP contribution in [0.4, 0.5) is 4.39 Å². The van der Waals surface area contributed by atoms with Crippen molar-refractivity contribution >= 4 is 5.96 Å². The van der Waals surface area contributed by atoms with Crippen molar-refractivity contribution in [1.29, 1.82) is 0 Å². The molecular formula is C24H35FN4O2. The highest BCUT2D eigenvalue weighted by Gasteiger charge is 2.27. The van der Waals surface area contributed by atoms with Crippen molar-refractivity contribution in [2.24, 2.45) is 10.9 Å². The average molecular weight is 431 g/mol. The van der Waals surface area contributed by atoms with Crippen molar-refractivity contribution in [3.05, 3.63) is 59.3 Å². The van der Waals surface area contributed by atoms with Crippen LogP contribution in [0.15, 0.2) is 45.8 Å². The van der Waals surface area contributed by atoms with Crippen molar-refractivity contribution in [2.75, 3.05) is 32.7 Å². The summed E-state index contributed by atoms with van der Waals surface area (Å²) in [7, 11) is 0. The molecule has 6 nitrogen and oxygen atoms in total. The van der Waals surface area contributed by atoms with Crippen molar-refractivity contribution in [1.82, 2.24) is 15.5 Å². The predicted molar refractivity (Wildman–Crippen MR) is 121 cm³/mol. The van der Waals surface area contributed by atoms with Gasteiger partial charge < -0.3 is 20.2 Å². The molecule has 0 radical (unpaired) electrons. The SMILES string of the molecule is CCNC(=NCC(C)(O)c1ccc(C)o1)NCC1CCN(Cc2ccccc2F)CC1. The molecule has 1 aliphatic rings. The van der Waals surface area contributed by atoms with Gasteiger partial charge in [-0.25, -0.2) is 9.38 Å². The van der Waals surface area contributed by atoms with Crippen LogP contribution in [0.3, 0.4) is 0 Å². The Bertz CT molecular complexity index is 857. The number of hydrogen-bond acceptors (Lipinski definition) is 4. The summed E-state index contributed by atoms with van der Waals surface area (Å²) in [5.74, 6) is 2.39. The summed E-state index contributed by atoms with van der Waals surface area (Å²) in [5.41, 5.74) is -0.395. The van der Waals surface area contributed by atoms with E-state index in [1.807, 2.05) is 32.0 Å². The molecule has 31 heavy (non-hydrogen) atoms. The van der Waals surface area contributed by atoms with Crippen LogP contribution in [0.5, 0.6) is 0 Å². The fourth-order valence-corrected chi connectivity index (χ4v) is 3.83. The minimum absolute atomic E-state index is 0.127. The Balaban J connectivity index is 1.47. The molecule has 1 unspecified atom stereocenters. The van der Waals surface area contributed by atoms with Gasteiger partial charge in [0.2, 0.25) is 0 Å². The lowest BCUT2D eigenvalue weighted by atomic mass is 9.96. The molecule has 7 heteroatoms. The van der Waals surface area contributed by atoms with Crippen molar-refractivity contribution in [3.63, 3.8) is 0 Å². The highest BCUT2D eigenvalue weighted by molar-refractivity contribution is 5.79. The molecule has 170 valence electrons. The first-order valence-corrected chi connectivity index (χ1v) is 11.1. The maximum atomic E-state index is 13.9. The van der Waals surface area contributed by atoms with E-state index in [0.717, 1.165) is 50.3 Å². The monoisotopic (exact) mass is 430 g/mol. The summed E-state index contributed by atoms with van der Waals surface area (Å²) in [4.78, 5) is 6.88. The smallest absolute Gasteiger partial charge is 0.191 e. The summed E-state index contributed by atoms with van der Waals surface area (Å²) in [5, 5.41) is 17.4. The minimum Gasteiger partial charge on any atom is -0.463 e. The van der Waals surface area contributed by atoms with Crippen LogP contribution in [0.2, 0.25) is 0 Å². The number of furan rings is 1. The fraction of sp³-hybridized carbons (Fsp3) is 0.542. The Hall–Kier alpha value is -2.38. The van der Waals surface area contributed by atoms with Gasteiger partial charge >= 0.3 is 0 Å². The van der Waals surface area contributed by atoms with Gasteiger partial charge in [0.15, 0.2) is 5.96 Å². The third kappa shape index (κ3) is 6.80. The van der Waals surface area contributed by atoms with Crippen LogP contribution in [-0.2, 0) is 12.1 Å². The van der Waals surface area contributed by atoms with Gasteiger partial charge in [-0.2, -0.15) is 0 Å². The Kier molecular flexibility index (Phi) is 8.09.